The first-order chi connectivity index (χ1) is 9.13. The molecule has 0 saturated carbocycles. The molecule has 1 atom stereocenters. The molecule has 5 heteroatoms. The lowest BCUT2D eigenvalue weighted by molar-refractivity contribution is 0.0214. The topological polar surface area (TPSA) is 56.3 Å². The van der Waals surface area contributed by atoms with E-state index in [2.05, 4.69) is 24.0 Å². The van der Waals surface area contributed by atoms with Gasteiger partial charge in [0.05, 0.1) is 17.5 Å². The zero-order valence-electron chi connectivity index (χ0n) is 12.4. The highest BCUT2D eigenvalue weighted by molar-refractivity contribution is 5.65. The predicted octanol–water partition coefficient (Wildman–Crippen LogP) is 2.19. The lowest BCUT2D eigenvalue weighted by Gasteiger charge is -2.29. The highest BCUT2D eigenvalue weighted by atomic mass is 16.5. The molecule has 2 N–H and O–H groups in total. The Bertz CT molecular complexity index is 410. The Morgan fingerprint density at radius 3 is 2.89 bits per heavy atom. The van der Waals surface area contributed by atoms with E-state index in [1.165, 1.54) is 12.8 Å². The quantitative estimate of drug-likeness (QED) is 0.887. The number of nitrogen functional groups attached to an aromatic ring is 1. The number of rotatable bonds is 5. The van der Waals surface area contributed by atoms with Gasteiger partial charge in [0, 0.05) is 26.7 Å². The minimum Gasteiger partial charge on any atom is -0.394 e. The van der Waals surface area contributed by atoms with Crippen molar-refractivity contribution in [2.24, 2.45) is 0 Å². The fourth-order valence-corrected chi connectivity index (χ4v) is 2.70. The zero-order chi connectivity index (χ0) is 13.8. The molecular weight excluding hydrogens is 240 g/mol. The number of aryl methyl sites for hydroxylation is 2. The maximum absolute atomic E-state index is 6.17. The first-order valence-electron chi connectivity index (χ1n) is 7.29. The van der Waals surface area contributed by atoms with Crippen LogP contribution in [0.25, 0.3) is 0 Å². The number of nitrogens with two attached hydrogens (primary N) is 1. The SMILES string of the molecule is CCCn1nc(C)c(N)c1N(C)CC1CCCCO1. The molecule has 1 aromatic rings. The van der Waals surface area contributed by atoms with E-state index in [1.54, 1.807) is 0 Å². The van der Waals surface area contributed by atoms with Crippen LogP contribution in [-0.4, -0.2) is 36.1 Å². The van der Waals surface area contributed by atoms with Crippen molar-refractivity contribution in [2.45, 2.75) is 52.2 Å². The Kier molecular flexibility index (Phi) is 4.69. The highest BCUT2D eigenvalue weighted by Crippen LogP contribution is 2.27. The Hall–Kier alpha value is -1.23. The van der Waals surface area contributed by atoms with Crippen LogP contribution < -0.4 is 10.6 Å². The van der Waals surface area contributed by atoms with E-state index >= 15 is 0 Å². The van der Waals surface area contributed by atoms with Crippen LogP contribution in [-0.2, 0) is 11.3 Å². The van der Waals surface area contributed by atoms with Crippen LogP contribution in [0.15, 0.2) is 0 Å². The van der Waals surface area contributed by atoms with E-state index in [0.717, 1.165) is 49.7 Å². The van der Waals surface area contributed by atoms with Crippen molar-refractivity contribution in [1.82, 2.24) is 9.78 Å². The Balaban J connectivity index is 2.10. The van der Waals surface area contributed by atoms with Gasteiger partial charge in [0.1, 0.15) is 5.82 Å². The van der Waals surface area contributed by atoms with Crippen LogP contribution in [0.4, 0.5) is 11.5 Å². The molecule has 1 aromatic heterocycles. The molecule has 2 rings (SSSR count). The lowest BCUT2D eigenvalue weighted by atomic mass is 10.1. The molecule has 0 aromatic carbocycles. The second kappa shape index (κ2) is 6.28. The average Bonchev–Trinajstić information content (AvgIpc) is 2.66. The summed E-state index contributed by atoms with van der Waals surface area (Å²) >= 11 is 0. The highest BCUT2D eigenvalue weighted by Gasteiger charge is 2.21. The van der Waals surface area contributed by atoms with Gasteiger partial charge < -0.3 is 15.4 Å². The first-order valence-corrected chi connectivity index (χ1v) is 7.29. The maximum Gasteiger partial charge on any atom is 0.150 e. The lowest BCUT2D eigenvalue weighted by Crippen LogP contribution is -2.34. The molecule has 19 heavy (non-hydrogen) atoms. The molecule has 0 bridgehead atoms. The number of hydrogen-bond donors (Lipinski definition) is 1. The minimum atomic E-state index is 0.323. The number of hydrogen-bond acceptors (Lipinski definition) is 4. The van der Waals surface area contributed by atoms with Crippen molar-refractivity contribution in [1.29, 1.82) is 0 Å². The van der Waals surface area contributed by atoms with E-state index < -0.39 is 0 Å². The molecule has 1 aliphatic rings. The van der Waals surface area contributed by atoms with Crippen LogP contribution in [0.2, 0.25) is 0 Å². The number of likely N-dealkylation sites (N-methyl/N-ethyl adjacent to an activating group) is 1. The summed E-state index contributed by atoms with van der Waals surface area (Å²) in [6, 6.07) is 0. The molecular formula is C14H26N4O. The molecule has 1 unspecified atom stereocenters. The molecule has 0 amide bonds. The van der Waals surface area contributed by atoms with Crippen molar-refractivity contribution in [3.63, 3.8) is 0 Å². The van der Waals surface area contributed by atoms with Gasteiger partial charge in [0.25, 0.3) is 0 Å². The van der Waals surface area contributed by atoms with E-state index in [9.17, 15) is 0 Å². The Morgan fingerprint density at radius 1 is 1.47 bits per heavy atom. The van der Waals surface area contributed by atoms with Crippen LogP contribution in [0.3, 0.4) is 0 Å². The van der Waals surface area contributed by atoms with Gasteiger partial charge in [-0.1, -0.05) is 6.92 Å². The summed E-state index contributed by atoms with van der Waals surface area (Å²) in [4.78, 5) is 2.20. The van der Waals surface area contributed by atoms with Crippen LogP contribution >= 0.6 is 0 Å². The van der Waals surface area contributed by atoms with Crippen molar-refractivity contribution in [2.75, 3.05) is 30.8 Å². The minimum absolute atomic E-state index is 0.323. The third kappa shape index (κ3) is 3.21. The van der Waals surface area contributed by atoms with Gasteiger partial charge in [-0.25, -0.2) is 4.68 Å². The average molecular weight is 266 g/mol. The van der Waals surface area contributed by atoms with Crippen molar-refractivity contribution < 1.29 is 4.74 Å². The number of ether oxygens (including phenoxy) is 1. The monoisotopic (exact) mass is 266 g/mol. The maximum atomic E-state index is 6.17. The third-order valence-electron chi connectivity index (χ3n) is 3.69. The largest absolute Gasteiger partial charge is 0.394 e. The standard InChI is InChI=1S/C14H26N4O/c1-4-8-18-14(13(15)11(2)16-18)17(3)10-12-7-5-6-9-19-12/h12H,4-10,15H2,1-3H3. The van der Waals surface area contributed by atoms with Crippen molar-refractivity contribution in [3.8, 4) is 0 Å². The van der Waals surface area contributed by atoms with Gasteiger partial charge in [-0.15, -0.1) is 0 Å². The summed E-state index contributed by atoms with van der Waals surface area (Å²) in [5.41, 5.74) is 7.89. The molecule has 0 radical (unpaired) electrons. The molecule has 0 aliphatic carbocycles. The molecule has 2 heterocycles. The van der Waals surface area contributed by atoms with Gasteiger partial charge >= 0.3 is 0 Å². The predicted molar refractivity (Wildman–Crippen MR) is 78.5 cm³/mol. The number of nitrogens with zero attached hydrogens (tertiary/aromatic N) is 3. The number of anilines is 2. The Labute approximate surface area is 115 Å². The first kappa shape index (κ1) is 14.2. The van der Waals surface area contributed by atoms with E-state index in [4.69, 9.17) is 10.5 Å². The van der Waals surface area contributed by atoms with Gasteiger partial charge in [0.15, 0.2) is 0 Å². The van der Waals surface area contributed by atoms with Crippen LogP contribution in [0.1, 0.15) is 38.3 Å². The van der Waals surface area contributed by atoms with E-state index in [0.29, 0.717) is 6.10 Å². The molecule has 1 fully saturated rings. The van der Waals surface area contributed by atoms with Gasteiger partial charge in [-0.3, -0.25) is 0 Å². The Morgan fingerprint density at radius 2 is 2.26 bits per heavy atom. The molecule has 1 saturated heterocycles. The van der Waals surface area contributed by atoms with Crippen molar-refractivity contribution in [3.05, 3.63) is 5.69 Å². The number of aromatic nitrogens is 2. The second-order valence-corrected chi connectivity index (χ2v) is 5.41. The van der Waals surface area contributed by atoms with Gasteiger partial charge in [-0.05, 0) is 32.6 Å². The molecule has 108 valence electrons. The zero-order valence-corrected chi connectivity index (χ0v) is 12.4. The summed E-state index contributed by atoms with van der Waals surface area (Å²) in [7, 11) is 2.08. The fourth-order valence-electron chi connectivity index (χ4n) is 2.70. The molecule has 5 nitrogen and oxygen atoms in total. The van der Waals surface area contributed by atoms with Gasteiger partial charge in [0.2, 0.25) is 0 Å². The third-order valence-corrected chi connectivity index (χ3v) is 3.69. The van der Waals surface area contributed by atoms with Crippen LogP contribution in [0.5, 0.6) is 0 Å². The summed E-state index contributed by atoms with van der Waals surface area (Å²) in [6.45, 7) is 6.81. The van der Waals surface area contributed by atoms with Gasteiger partial charge in [-0.2, -0.15) is 5.10 Å². The summed E-state index contributed by atoms with van der Waals surface area (Å²) in [5.74, 6) is 1.04. The fraction of sp³-hybridized carbons (Fsp3) is 0.786. The molecule has 1 aliphatic heterocycles. The second-order valence-electron chi connectivity index (χ2n) is 5.41. The summed E-state index contributed by atoms with van der Waals surface area (Å²) in [6.07, 6.45) is 4.98. The normalized spacial score (nSPS) is 19.6. The van der Waals surface area contributed by atoms with E-state index in [-0.39, 0.29) is 0 Å². The van der Waals surface area contributed by atoms with Crippen molar-refractivity contribution >= 4 is 11.5 Å². The smallest absolute Gasteiger partial charge is 0.150 e. The summed E-state index contributed by atoms with van der Waals surface area (Å²) in [5, 5.41) is 4.52. The van der Waals surface area contributed by atoms with Crippen LogP contribution in [0, 0.1) is 6.92 Å². The summed E-state index contributed by atoms with van der Waals surface area (Å²) < 4.78 is 7.83. The molecule has 0 spiro atoms. The van der Waals surface area contributed by atoms with E-state index in [1.807, 2.05) is 11.6 Å².